The molecule has 0 spiro atoms. The lowest BCUT2D eigenvalue weighted by atomic mass is 10.1. The van der Waals surface area contributed by atoms with Crippen LogP contribution in [0.3, 0.4) is 0 Å². The van der Waals surface area contributed by atoms with Crippen LogP contribution in [0.25, 0.3) is 23.0 Å². The molecule has 8 nitrogen and oxygen atoms in total. The van der Waals surface area contributed by atoms with E-state index >= 15 is 0 Å². The minimum atomic E-state index is -0.336. The fourth-order valence-corrected chi connectivity index (χ4v) is 4.18. The van der Waals surface area contributed by atoms with Gasteiger partial charge in [-0.1, -0.05) is 18.2 Å². The molecular formula is C28H24FN5O3. The van der Waals surface area contributed by atoms with Gasteiger partial charge in [-0.05, 0) is 48.5 Å². The van der Waals surface area contributed by atoms with Gasteiger partial charge in [0.15, 0.2) is 0 Å². The summed E-state index contributed by atoms with van der Waals surface area (Å²) in [6.07, 6.45) is 6.45. The molecule has 1 aliphatic rings. The van der Waals surface area contributed by atoms with Gasteiger partial charge < -0.3 is 14.8 Å². The first-order valence-corrected chi connectivity index (χ1v) is 11.8. The summed E-state index contributed by atoms with van der Waals surface area (Å²) < 4.78 is 15.2. The lowest BCUT2D eigenvalue weighted by Crippen LogP contribution is -2.50. The zero-order valence-electron chi connectivity index (χ0n) is 19.9. The van der Waals surface area contributed by atoms with Crippen LogP contribution in [0.5, 0.6) is 0 Å². The second-order valence-corrected chi connectivity index (χ2v) is 8.61. The quantitative estimate of drug-likeness (QED) is 0.428. The molecule has 186 valence electrons. The van der Waals surface area contributed by atoms with Crippen molar-refractivity contribution in [3.05, 3.63) is 112 Å². The Hall–Kier alpha value is -4.79. The summed E-state index contributed by atoms with van der Waals surface area (Å²) in [5, 5.41) is 4.69. The molecule has 0 atom stereocenters. The molecule has 37 heavy (non-hydrogen) atoms. The van der Waals surface area contributed by atoms with Gasteiger partial charge in [0.1, 0.15) is 5.82 Å². The first kappa shape index (κ1) is 23.9. The van der Waals surface area contributed by atoms with Crippen LogP contribution in [0, 0.1) is 5.82 Å². The third-order valence-electron chi connectivity index (χ3n) is 6.20. The molecule has 3 heterocycles. The van der Waals surface area contributed by atoms with Crippen LogP contribution in [0.15, 0.2) is 90.0 Å². The van der Waals surface area contributed by atoms with E-state index in [-0.39, 0.29) is 23.2 Å². The number of rotatable bonds is 5. The van der Waals surface area contributed by atoms with Crippen molar-refractivity contribution in [2.24, 2.45) is 0 Å². The van der Waals surface area contributed by atoms with E-state index in [9.17, 15) is 18.8 Å². The Morgan fingerprint density at radius 2 is 1.59 bits per heavy atom. The first-order valence-electron chi connectivity index (χ1n) is 11.8. The van der Waals surface area contributed by atoms with Gasteiger partial charge in [0, 0.05) is 61.8 Å². The van der Waals surface area contributed by atoms with Crippen molar-refractivity contribution in [2.75, 3.05) is 26.2 Å². The van der Waals surface area contributed by atoms with Crippen molar-refractivity contribution in [3.63, 3.8) is 0 Å². The van der Waals surface area contributed by atoms with Crippen LogP contribution in [0.1, 0.15) is 15.9 Å². The molecule has 1 N–H and O–H groups in total. The van der Waals surface area contributed by atoms with Crippen molar-refractivity contribution in [2.45, 2.75) is 0 Å². The number of piperazine rings is 1. The molecule has 0 unspecified atom stereocenters. The number of para-hydroxylation sites is 1. The number of pyridine rings is 1. The lowest BCUT2D eigenvalue weighted by Gasteiger charge is -2.34. The number of aromatic nitrogens is 3. The standard InChI is InChI=1S/C28H24FN5O3/c29-23-10-6-20(7-11-23)27-22(19-34(31-27)24-4-2-1-3-5-24)9-13-26(36)32-14-16-33(17-15-32)28(37)21-8-12-25(35)30-18-21/h1-13,18-19H,14-17H2,(H,30,35)/b13-9+. The van der Waals surface area contributed by atoms with Crippen LogP contribution in [-0.2, 0) is 4.79 Å². The largest absolute Gasteiger partial charge is 0.336 e. The number of hydrogen-bond donors (Lipinski definition) is 1. The van der Waals surface area contributed by atoms with Crippen molar-refractivity contribution in [3.8, 4) is 16.9 Å². The normalized spacial score (nSPS) is 13.8. The third-order valence-corrected chi connectivity index (χ3v) is 6.20. The number of aromatic amines is 1. The maximum atomic E-state index is 13.5. The molecule has 4 aromatic rings. The van der Waals surface area contributed by atoms with E-state index in [0.29, 0.717) is 37.4 Å². The SMILES string of the molecule is O=C(/C=C/c1cn(-c2ccccc2)nc1-c1ccc(F)cc1)N1CCN(C(=O)c2ccc(=O)[nH]c2)CC1. The fourth-order valence-electron chi connectivity index (χ4n) is 4.18. The molecule has 0 bridgehead atoms. The van der Waals surface area contributed by atoms with E-state index in [1.807, 2.05) is 36.5 Å². The maximum absolute atomic E-state index is 13.5. The number of nitrogens with one attached hydrogen (secondary N) is 1. The molecule has 2 amide bonds. The Kier molecular flexibility index (Phi) is 6.76. The van der Waals surface area contributed by atoms with Gasteiger partial charge in [-0.15, -0.1) is 0 Å². The molecule has 5 rings (SSSR count). The molecule has 2 aromatic heterocycles. The predicted octanol–water partition coefficient (Wildman–Crippen LogP) is 3.36. The van der Waals surface area contributed by atoms with Crippen LogP contribution in [0.2, 0.25) is 0 Å². The molecule has 1 saturated heterocycles. The summed E-state index contributed by atoms with van der Waals surface area (Å²) >= 11 is 0. The molecule has 1 fully saturated rings. The summed E-state index contributed by atoms with van der Waals surface area (Å²) in [7, 11) is 0. The first-order chi connectivity index (χ1) is 18.0. The molecule has 2 aromatic carbocycles. The molecule has 9 heteroatoms. The second kappa shape index (κ2) is 10.4. The zero-order chi connectivity index (χ0) is 25.8. The number of carbonyl (C=O) groups is 2. The topological polar surface area (TPSA) is 91.3 Å². The van der Waals surface area contributed by atoms with E-state index in [2.05, 4.69) is 10.1 Å². The van der Waals surface area contributed by atoms with Crippen LogP contribution in [0.4, 0.5) is 4.39 Å². The highest BCUT2D eigenvalue weighted by Crippen LogP contribution is 2.25. The second-order valence-electron chi connectivity index (χ2n) is 8.61. The van der Waals surface area contributed by atoms with E-state index < -0.39 is 0 Å². The summed E-state index contributed by atoms with van der Waals surface area (Å²) in [4.78, 5) is 42.7. The number of amides is 2. The summed E-state index contributed by atoms with van der Waals surface area (Å²) in [5.41, 5.74) is 3.08. The van der Waals surface area contributed by atoms with Crippen molar-refractivity contribution < 1.29 is 14.0 Å². The van der Waals surface area contributed by atoms with Gasteiger partial charge in [0.2, 0.25) is 11.5 Å². The van der Waals surface area contributed by atoms with Gasteiger partial charge in [-0.25, -0.2) is 9.07 Å². The Balaban J connectivity index is 1.30. The number of nitrogens with zero attached hydrogens (tertiary/aromatic N) is 4. The van der Waals surface area contributed by atoms with Crippen molar-refractivity contribution >= 4 is 17.9 Å². The van der Waals surface area contributed by atoms with Gasteiger partial charge in [0.25, 0.3) is 5.91 Å². The monoisotopic (exact) mass is 497 g/mol. The average molecular weight is 498 g/mol. The number of carbonyl (C=O) groups excluding carboxylic acids is 2. The Labute approximate surface area is 212 Å². The van der Waals surface area contributed by atoms with E-state index in [0.717, 1.165) is 16.8 Å². The van der Waals surface area contributed by atoms with Gasteiger partial charge in [-0.2, -0.15) is 5.10 Å². The molecule has 0 radical (unpaired) electrons. The van der Waals surface area contributed by atoms with Crippen LogP contribution < -0.4 is 5.56 Å². The highest BCUT2D eigenvalue weighted by atomic mass is 19.1. The van der Waals surface area contributed by atoms with Crippen molar-refractivity contribution in [1.29, 1.82) is 0 Å². The summed E-state index contributed by atoms with van der Waals surface area (Å²) in [5.74, 6) is -0.693. The average Bonchev–Trinajstić information content (AvgIpc) is 3.37. The molecule has 1 aliphatic heterocycles. The summed E-state index contributed by atoms with van der Waals surface area (Å²) in [6, 6.07) is 18.5. The van der Waals surface area contributed by atoms with Gasteiger partial charge in [0.05, 0.1) is 16.9 Å². The van der Waals surface area contributed by atoms with Gasteiger partial charge >= 0.3 is 0 Å². The third kappa shape index (κ3) is 5.40. The number of benzene rings is 2. The lowest BCUT2D eigenvalue weighted by molar-refractivity contribution is -0.127. The minimum Gasteiger partial charge on any atom is -0.336 e. The van der Waals surface area contributed by atoms with Crippen LogP contribution in [-0.4, -0.2) is 62.6 Å². The van der Waals surface area contributed by atoms with E-state index in [1.165, 1.54) is 36.5 Å². The Bertz CT molecular complexity index is 1480. The Morgan fingerprint density at radius 3 is 2.27 bits per heavy atom. The highest BCUT2D eigenvalue weighted by Gasteiger charge is 2.24. The van der Waals surface area contributed by atoms with E-state index in [4.69, 9.17) is 0 Å². The van der Waals surface area contributed by atoms with Crippen LogP contribution >= 0.6 is 0 Å². The molecule has 0 aliphatic carbocycles. The molecular weight excluding hydrogens is 473 g/mol. The van der Waals surface area contributed by atoms with E-state index in [1.54, 1.807) is 32.7 Å². The number of H-pyrrole nitrogens is 1. The minimum absolute atomic E-state index is 0.173. The van der Waals surface area contributed by atoms with Crippen molar-refractivity contribution in [1.82, 2.24) is 24.6 Å². The maximum Gasteiger partial charge on any atom is 0.255 e. The smallest absolute Gasteiger partial charge is 0.255 e. The number of halogens is 1. The fraction of sp³-hybridized carbons (Fsp3) is 0.143. The zero-order valence-corrected chi connectivity index (χ0v) is 19.9. The number of hydrogen-bond acceptors (Lipinski definition) is 4. The highest BCUT2D eigenvalue weighted by molar-refractivity contribution is 5.95. The molecule has 0 saturated carbocycles. The predicted molar refractivity (Wildman–Crippen MR) is 138 cm³/mol. The summed E-state index contributed by atoms with van der Waals surface area (Å²) in [6.45, 7) is 1.58. The van der Waals surface area contributed by atoms with Gasteiger partial charge in [-0.3, -0.25) is 14.4 Å². The Morgan fingerprint density at radius 1 is 0.892 bits per heavy atom.